The number of hydrogen-bond acceptors (Lipinski definition) is 6. The normalized spacial score (nSPS) is 26.4. The first kappa shape index (κ1) is 22.7. The largest absolute Gasteiger partial charge is 0.355 e. The van der Waals surface area contributed by atoms with Crippen LogP contribution in [0.1, 0.15) is 45.1 Å². The number of aromatic amines is 1. The van der Waals surface area contributed by atoms with E-state index in [4.69, 9.17) is 0 Å². The van der Waals surface area contributed by atoms with Crippen LogP contribution in [0.4, 0.5) is 10.2 Å². The average molecular weight is 459 g/mol. The molecule has 2 bridgehead atoms. The molecule has 2 aliphatic rings. The lowest BCUT2D eigenvalue weighted by Crippen LogP contribution is -2.62. The number of carbonyl (C=O) groups is 1. The topological polar surface area (TPSA) is 78.0 Å². The van der Waals surface area contributed by atoms with Gasteiger partial charge in [-0.2, -0.15) is 5.10 Å². The van der Waals surface area contributed by atoms with Crippen LogP contribution in [0.25, 0.3) is 22.4 Å². The van der Waals surface area contributed by atoms with E-state index in [1.54, 1.807) is 19.8 Å². The van der Waals surface area contributed by atoms with Crippen molar-refractivity contribution < 1.29 is 9.18 Å². The number of carbonyl (C=O) groups excluding carboxylic acids is 1. The van der Waals surface area contributed by atoms with E-state index in [2.05, 4.69) is 51.0 Å². The molecule has 1 N–H and O–H groups in total. The molecule has 0 aliphatic carbocycles. The van der Waals surface area contributed by atoms with Crippen molar-refractivity contribution in [1.82, 2.24) is 25.2 Å². The first-order chi connectivity index (χ1) is 16.2. The number of fused-ring (bicyclic) bond motifs is 2. The van der Waals surface area contributed by atoms with Gasteiger partial charge in [0.25, 0.3) is 7.41 Å². The molecule has 2 aromatic heterocycles. The third kappa shape index (κ3) is 3.72. The number of hydrogen-bond donors (Lipinski definition) is 1. The molecule has 34 heavy (non-hydrogen) atoms. The summed E-state index contributed by atoms with van der Waals surface area (Å²) < 4.78 is 14.8. The Morgan fingerprint density at radius 1 is 1.18 bits per heavy atom. The Morgan fingerprint density at radius 3 is 2.50 bits per heavy atom. The van der Waals surface area contributed by atoms with Crippen LogP contribution >= 0.6 is 0 Å². The summed E-state index contributed by atoms with van der Waals surface area (Å²) in [5.74, 6) is 0.474. The Morgan fingerprint density at radius 2 is 1.91 bits per heavy atom. The van der Waals surface area contributed by atoms with E-state index in [0.717, 1.165) is 48.8 Å². The van der Waals surface area contributed by atoms with Crippen molar-refractivity contribution in [3.8, 4) is 22.4 Å². The highest BCUT2D eigenvalue weighted by atomic mass is 19.1. The number of nitrogens with zero attached hydrogens (tertiary/aromatic N) is 5. The smallest absolute Gasteiger partial charge is 0.294 e. The van der Waals surface area contributed by atoms with Gasteiger partial charge in [0.1, 0.15) is 5.82 Å². The first-order valence-corrected chi connectivity index (χ1v) is 11.7. The Labute approximate surface area is 200 Å². The van der Waals surface area contributed by atoms with E-state index in [1.165, 1.54) is 6.07 Å². The monoisotopic (exact) mass is 459 g/mol. The summed E-state index contributed by atoms with van der Waals surface area (Å²) in [5.41, 5.74) is 3.43. The van der Waals surface area contributed by atoms with Crippen LogP contribution in [-0.2, 0) is 4.79 Å². The maximum absolute atomic E-state index is 14.8. The molecule has 3 atom stereocenters. The zero-order valence-corrected chi connectivity index (χ0v) is 20.0. The highest BCUT2D eigenvalue weighted by Crippen LogP contribution is 2.50. The van der Waals surface area contributed by atoms with Crippen molar-refractivity contribution in [3.05, 3.63) is 48.0 Å². The van der Waals surface area contributed by atoms with E-state index in [9.17, 15) is 9.18 Å². The lowest BCUT2D eigenvalue weighted by atomic mass is 9.73. The minimum atomic E-state index is -0.319. The second kappa shape index (κ2) is 8.30. The lowest BCUT2D eigenvalue weighted by molar-refractivity contribution is 0.0851. The van der Waals surface area contributed by atoms with Crippen molar-refractivity contribution in [2.45, 2.75) is 63.6 Å². The zero-order chi connectivity index (χ0) is 24.1. The molecule has 5 rings (SSSR count). The number of aromatic nitrogens is 4. The molecule has 0 spiro atoms. The summed E-state index contributed by atoms with van der Waals surface area (Å²) in [6, 6.07) is 7.50. The standard InChI is InChI=1S/C25H29BFN6O/c1-16-9-20(17-13-28-29-14-17)21(27)10-19(16)22-5-6-23(31-30-22)32(4)18-11-24(2)7-8-25(3,12-18)33(24)26-15-34/h5-6,9-10,13-15,18H,7-8,11-12H2,1-4H3,(H,28,29)/t18?,24-,25+. The fourth-order valence-corrected chi connectivity index (χ4v) is 6.03. The predicted octanol–water partition coefficient (Wildman–Crippen LogP) is 4.00. The lowest BCUT2D eigenvalue weighted by Gasteiger charge is -2.52. The fraction of sp³-hybridized carbons (Fsp3) is 0.440. The van der Waals surface area contributed by atoms with Crippen molar-refractivity contribution in [3.63, 3.8) is 0 Å². The van der Waals surface area contributed by atoms with Crippen LogP contribution in [0.5, 0.6) is 0 Å². The minimum absolute atomic E-state index is 0.0361. The number of nitrogens with one attached hydrogen (secondary N) is 1. The number of H-pyrrole nitrogens is 1. The number of piperidine rings is 1. The van der Waals surface area contributed by atoms with Crippen molar-refractivity contribution in [2.24, 2.45) is 0 Å². The molecule has 1 unspecified atom stereocenters. The Kier molecular flexibility index (Phi) is 5.55. The summed E-state index contributed by atoms with van der Waals surface area (Å²) in [6.45, 7) is 6.44. The quantitative estimate of drug-likeness (QED) is 0.444. The number of rotatable bonds is 6. The molecule has 1 aromatic carbocycles. The van der Waals surface area contributed by atoms with Crippen LogP contribution in [-0.4, -0.2) is 63.0 Å². The average Bonchev–Trinajstić information content (AvgIpc) is 3.40. The van der Waals surface area contributed by atoms with E-state index >= 15 is 0 Å². The summed E-state index contributed by atoms with van der Waals surface area (Å²) in [4.78, 5) is 15.7. The maximum atomic E-state index is 14.8. The third-order valence-electron chi connectivity index (χ3n) is 7.88. The third-order valence-corrected chi connectivity index (χ3v) is 7.88. The summed E-state index contributed by atoms with van der Waals surface area (Å²) in [7, 11) is 3.78. The maximum Gasteiger partial charge on any atom is 0.294 e. The van der Waals surface area contributed by atoms with E-state index < -0.39 is 0 Å². The minimum Gasteiger partial charge on any atom is -0.355 e. The molecule has 7 nitrogen and oxygen atoms in total. The van der Waals surface area contributed by atoms with Gasteiger partial charge >= 0.3 is 0 Å². The Bertz CT molecular complexity index is 1180. The summed E-state index contributed by atoms with van der Waals surface area (Å²) in [6.07, 6.45) is 8.24. The number of halogens is 1. The fourth-order valence-electron chi connectivity index (χ4n) is 6.03. The molecule has 175 valence electrons. The van der Waals surface area contributed by atoms with Gasteiger partial charge < -0.3 is 14.5 Å². The Balaban J connectivity index is 1.37. The van der Waals surface area contributed by atoms with Gasteiger partial charge in [0.15, 0.2) is 5.82 Å². The molecule has 2 fully saturated rings. The molecule has 2 saturated heterocycles. The highest BCUT2D eigenvalue weighted by molar-refractivity contribution is 6.64. The van der Waals surface area contributed by atoms with Gasteiger partial charge in [0.05, 0.1) is 18.1 Å². The predicted molar refractivity (Wildman–Crippen MR) is 132 cm³/mol. The van der Waals surface area contributed by atoms with Crippen LogP contribution in [0.3, 0.4) is 0 Å². The van der Waals surface area contributed by atoms with E-state index in [1.807, 2.05) is 25.1 Å². The number of benzene rings is 1. The second-order valence-corrected chi connectivity index (χ2v) is 10.2. The SMILES string of the molecule is Cc1cc(-c2cn[nH]c2)c(F)cc1-c1ccc(N(C)C2C[C@]3(C)CC[C@](C)(C2)N3[B]C=O)nn1. The van der Waals surface area contributed by atoms with Crippen molar-refractivity contribution >= 4 is 19.4 Å². The molecular formula is C25H29BFN6O. The van der Waals surface area contributed by atoms with Crippen molar-refractivity contribution in [2.75, 3.05) is 11.9 Å². The number of aryl methyl sites for hydroxylation is 1. The molecular weight excluding hydrogens is 430 g/mol. The summed E-state index contributed by atoms with van der Waals surface area (Å²) in [5, 5.41) is 15.6. The molecule has 1 radical (unpaired) electrons. The van der Waals surface area contributed by atoms with Crippen LogP contribution < -0.4 is 4.90 Å². The highest BCUT2D eigenvalue weighted by Gasteiger charge is 2.55. The van der Waals surface area contributed by atoms with Crippen molar-refractivity contribution in [1.29, 1.82) is 0 Å². The van der Waals surface area contributed by atoms with Gasteiger partial charge in [0, 0.05) is 47.1 Å². The zero-order valence-electron chi connectivity index (χ0n) is 20.0. The van der Waals surface area contributed by atoms with Gasteiger partial charge in [-0.05, 0) is 76.3 Å². The Hall–Kier alpha value is -3.07. The van der Waals surface area contributed by atoms with Crippen LogP contribution in [0, 0.1) is 12.7 Å². The van der Waals surface area contributed by atoms with Crippen LogP contribution in [0.15, 0.2) is 36.7 Å². The molecule has 9 heteroatoms. The molecule has 3 aromatic rings. The van der Waals surface area contributed by atoms with Gasteiger partial charge in [-0.3, -0.25) is 5.10 Å². The van der Waals surface area contributed by atoms with E-state index in [0.29, 0.717) is 22.9 Å². The molecule has 0 amide bonds. The van der Waals surface area contributed by atoms with Gasteiger partial charge in [-0.25, -0.2) is 4.39 Å². The molecule has 0 saturated carbocycles. The molecule has 4 heterocycles. The van der Waals surface area contributed by atoms with Gasteiger partial charge in [-0.15, -0.1) is 10.2 Å². The summed E-state index contributed by atoms with van der Waals surface area (Å²) >= 11 is 0. The van der Waals surface area contributed by atoms with E-state index in [-0.39, 0.29) is 16.9 Å². The van der Waals surface area contributed by atoms with Gasteiger partial charge in [-0.1, -0.05) is 0 Å². The van der Waals surface area contributed by atoms with Crippen LogP contribution in [0.2, 0.25) is 0 Å². The second-order valence-electron chi connectivity index (χ2n) is 10.2. The number of anilines is 1. The molecule has 2 aliphatic heterocycles. The van der Waals surface area contributed by atoms with Gasteiger partial charge in [0.2, 0.25) is 0 Å². The first-order valence-electron chi connectivity index (χ1n) is 11.7.